The lowest BCUT2D eigenvalue weighted by molar-refractivity contribution is -0.137. The standard InChI is InChI=1S/C17H20F3N3/c1-12-9-16(4-6-22-7-5-16)11-23(12)14-3-2-13(10-21)15(8-14)17(18,19)20/h2-3,8,12,22H,4-7,9,11H2,1H3. The molecule has 0 aliphatic carbocycles. The maximum Gasteiger partial charge on any atom is 0.417 e. The van der Waals surface area contributed by atoms with Crippen LogP contribution >= 0.6 is 0 Å². The molecule has 2 saturated heterocycles. The van der Waals surface area contributed by atoms with Crippen LogP contribution in [0.15, 0.2) is 18.2 Å². The summed E-state index contributed by atoms with van der Waals surface area (Å²) < 4.78 is 39.5. The molecular formula is C17H20F3N3. The van der Waals surface area contributed by atoms with Gasteiger partial charge in [0.15, 0.2) is 0 Å². The Balaban J connectivity index is 1.91. The summed E-state index contributed by atoms with van der Waals surface area (Å²) >= 11 is 0. The fraction of sp³-hybridized carbons (Fsp3) is 0.588. The third-order valence-electron chi connectivity index (χ3n) is 5.19. The Labute approximate surface area is 134 Å². The normalized spacial score (nSPS) is 24.0. The predicted octanol–water partition coefficient (Wildman–Crippen LogP) is 3.55. The highest BCUT2D eigenvalue weighted by Crippen LogP contribution is 2.44. The zero-order chi connectivity index (χ0) is 16.7. The lowest BCUT2D eigenvalue weighted by Gasteiger charge is -2.34. The third kappa shape index (κ3) is 3.02. The van der Waals surface area contributed by atoms with Crippen LogP contribution in [0.5, 0.6) is 0 Å². The van der Waals surface area contributed by atoms with Gasteiger partial charge >= 0.3 is 6.18 Å². The molecule has 0 saturated carbocycles. The molecular weight excluding hydrogens is 303 g/mol. The Morgan fingerprint density at radius 1 is 1.30 bits per heavy atom. The van der Waals surface area contributed by atoms with E-state index < -0.39 is 11.7 Å². The van der Waals surface area contributed by atoms with Crippen LogP contribution in [0.25, 0.3) is 0 Å². The lowest BCUT2D eigenvalue weighted by atomic mass is 9.77. The largest absolute Gasteiger partial charge is 0.417 e. The van der Waals surface area contributed by atoms with Gasteiger partial charge in [0, 0.05) is 18.3 Å². The zero-order valence-corrected chi connectivity index (χ0v) is 13.1. The van der Waals surface area contributed by atoms with Crippen LogP contribution in [0.1, 0.15) is 37.3 Å². The second-order valence-electron chi connectivity index (χ2n) is 6.77. The van der Waals surface area contributed by atoms with Crippen molar-refractivity contribution in [1.29, 1.82) is 5.26 Å². The van der Waals surface area contributed by atoms with Crippen molar-refractivity contribution in [3.8, 4) is 6.07 Å². The third-order valence-corrected chi connectivity index (χ3v) is 5.19. The van der Waals surface area contributed by atoms with Crippen molar-refractivity contribution >= 4 is 5.69 Å². The quantitative estimate of drug-likeness (QED) is 0.859. The molecule has 1 aromatic rings. The molecule has 2 fully saturated rings. The van der Waals surface area contributed by atoms with Crippen LogP contribution in [0, 0.1) is 16.7 Å². The van der Waals surface area contributed by atoms with Gasteiger partial charge in [0.05, 0.1) is 17.2 Å². The summed E-state index contributed by atoms with van der Waals surface area (Å²) in [7, 11) is 0. The summed E-state index contributed by atoms with van der Waals surface area (Å²) in [6.45, 7) is 4.81. The van der Waals surface area contributed by atoms with Gasteiger partial charge in [0.2, 0.25) is 0 Å². The smallest absolute Gasteiger partial charge is 0.368 e. The van der Waals surface area contributed by atoms with Gasteiger partial charge in [0.25, 0.3) is 0 Å². The summed E-state index contributed by atoms with van der Waals surface area (Å²) in [5, 5.41) is 12.3. The molecule has 1 spiro atoms. The molecule has 0 aromatic heterocycles. The van der Waals surface area contributed by atoms with Crippen LogP contribution in [0.3, 0.4) is 0 Å². The fourth-order valence-electron chi connectivity index (χ4n) is 4.03. The molecule has 23 heavy (non-hydrogen) atoms. The van der Waals surface area contributed by atoms with Gasteiger partial charge in [0.1, 0.15) is 0 Å². The molecule has 0 radical (unpaired) electrons. The van der Waals surface area contributed by atoms with E-state index in [1.807, 2.05) is 0 Å². The zero-order valence-electron chi connectivity index (χ0n) is 13.1. The highest BCUT2D eigenvalue weighted by molar-refractivity contribution is 5.56. The molecule has 0 amide bonds. The van der Waals surface area contributed by atoms with E-state index in [4.69, 9.17) is 5.26 Å². The van der Waals surface area contributed by atoms with Crippen molar-refractivity contribution in [2.24, 2.45) is 5.41 Å². The Kier molecular flexibility index (Phi) is 4.01. The summed E-state index contributed by atoms with van der Waals surface area (Å²) in [5.41, 5.74) is -0.378. The number of alkyl halides is 3. The van der Waals surface area contributed by atoms with Gasteiger partial charge in [-0.1, -0.05) is 0 Å². The number of hydrogen-bond acceptors (Lipinski definition) is 3. The van der Waals surface area contributed by atoms with E-state index in [1.54, 1.807) is 12.1 Å². The number of hydrogen-bond donors (Lipinski definition) is 1. The first kappa shape index (κ1) is 16.1. The molecule has 2 aliphatic rings. The first-order valence-corrected chi connectivity index (χ1v) is 7.93. The van der Waals surface area contributed by atoms with Crippen molar-refractivity contribution in [1.82, 2.24) is 5.32 Å². The topological polar surface area (TPSA) is 39.1 Å². The fourth-order valence-corrected chi connectivity index (χ4v) is 4.03. The number of anilines is 1. The van der Waals surface area contributed by atoms with Crippen molar-refractivity contribution in [3.05, 3.63) is 29.3 Å². The number of rotatable bonds is 1. The number of nitrogens with zero attached hydrogens (tertiary/aromatic N) is 2. The van der Waals surface area contributed by atoms with Crippen molar-refractivity contribution in [2.45, 2.75) is 38.4 Å². The highest BCUT2D eigenvalue weighted by Gasteiger charge is 2.43. The van der Waals surface area contributed by atoms with E-state index >= 15 is 0 Å². The van der Waals surface area contributed by atoms with E-state index in [9.17, 15) is 13.2 Å². The monoisotopic (exact) mass is 323 g/mol. The Morgan fingerprint density at radius 3 is 2.61 bits per heavy atom. The van der Waals surface area contributed by atoms with Gasteiger partial charge in [-0.05, 0) is 62.9 Å². The minimum Gasteiger partial charge on any atom is -0.368 e. The number of nitrogens with one attached hydrogen (secondary N) is 1. The molecule has 1 aromatic carbocycles. The van der Waals surface area contributed by atoms with Gasteiger partial charge in [-0.3, -0.25) is 0 Å². The number of halogens is 3. The predicted molar refractivity (Wildman–Crippen MR) is 82.1 cm³/mol. The molecule has 6 heteroatoms. The van der Waals surface area contributed by atoms with Crippen LogP contribution in [-0.2, 0) is 6.18 Å². The molecule has 1 atom stereocenters. The molecule has 124 valence electrons. The van der Waals surface area contributed by atoms with Crippen molar-refractivity contribution in [3.63, 3.8) is 0 Å². The number of nitriles is 1. The van der Waals surface area contributed by atoms with Gasteiger partial charge in [-0.2, -0.15) is 18.4 Å². The Bertz CT molecular complexity index is 627. The summed E-state index contributed by atoms with van der Waals surface area (Å²) in [4.78, 5) is 2.07. The maximum atomic E-state index is 13.2. The van der Waals surface area contributed by atoms with E-state index in [2.05, 4.69) is 17.1 Å². The number of piperidine rings is 1. The first-order chi connectivity index (χ1) is 10.8. The molecule has 1 N–H and O–H groups in total. The lowest BCUT2D eigenvalue weighted by Crippen LogP contribution is -2.38. The van der Waals surface area contributed by atoms with Crippen molar-refractivity contribution in [2.75, 3.05) is 24.5 Å². The molecule has 0 bridgehead atoms. The molecule has 2 aliphatic heterocycles. The van der Waals surface area contributed by atoms with E-state index in [-0.39, 0.29) is 17.0 Å². The van der Waals surface area contributed by atoms with E-state index in [1.165, 1.54) is 6.07 Å². The Hall–Kier alpha value is -1.74. The average molecular weight is 323 g/mol. The second kappa shape index (κ2) is 5.72. The Morgan fingerprint density at radius 2 is 2.00 bits per heavy atom. The molecule has 1 unspecified atom stereocenters. The summed E-state index contributed by atoms with van der Waals surface area (Å²) in [6, 6.07) is 5.92. The van der Waals surface area contributed by atoms with E-state index in [0.717, 1.165) is 45.0 Å². The molecule has 2 heterocycles. The van der Waals surface area contributed by atoms with Crippen LogP contribution in [-0.4, -0.2) is 25.7 Å². The second-order valence-corrected chi connectivity index (χ2v) is 6.77. The van der Waals surface area contributed by atoms with Crippen molar-refractivity contribution < 1.29 is 13.2 Å². The van der Waals surface area contributed by atoms with Crippen LogP contribution < -0.4 is 10.2 Å². The SMILES string of the molecule is CC1CC2(CCNCC2)CN1c1ccc(C#N)c(C(F)(F)F)c1. The van der Waals surface area contributed by atoms with Gasteiger partial charge in [-0.25, -0.2) is 0 Å². The summed E-state index contributed by atoms with van der Waals surface area (Å²) in [6.07, 6.45) is -1.36. The van der Waals surface area contributed by atoms with Crippen LogP contribution in [0.4, 0.5) is 18.9 Å². The molecule has 3 nitrogen and oxygen atoms in total. The summed E-state index contributed by atoms with van der Waals surface area (Å²) in [5.74, 6) is 0. The highest BCUT2D eigenvalue weighted by atomic mass is 19.4. The minimum atomic E-state index is -4.50. The van der Waals surface area contributed by atoms with E-state index in [0.29, 0.717) is 5.69 Å². The first-order valence-electron chi connectivity index (χ1n) is 7.93. The minimum absolute atomic E-state index is 0.205. The van der Waals surface area contributed by atoms with Gasteiger partial charge < -0.3 is 10.2 Å². The van der Waals surface area contributed by atoms with Crippen LogP contribution in [0.2, 0.25) is 0 Å². The van der Waals surface area contributed by atoms with Gasteiger partial charge in [-0.15, -0.1) is 0 Å². The maximum absolute atomic E-state index is 13.2. The molecule has 3 rings (SSSR count). The average Bonchev–Trinajstić information content (AvgIpc) is 2.82. The number of benzene rings is 1.